The normalized spacial score (nSPS) is 10.7. The van der Waals surface area contributed by atoms with Crippen molar-refractivity contribution >= 4 is 17.4 Å². The largest absolute Gasteiger partial charge is 0.319 e. The van der Waals surface area contributed by atoms with Crippen LogP contribution in [0.1, 0.15) is 35.3 Å². The molecule has 0 aliphatic carbocycles. The van der Waals surface area contributed by atoms with Gasteiger partial charge in [0.15, 0.2) is 0 Å². The van der Waals surface area contributed by atoms with Crippen LogP contribution in [0.4, 0.5) is 5.69 Å². The molecule has 0 fully saturated rings. The molecule has 0 radical (unpaired) electrons. The average Bonchev–Trinajstić information content (AvgIpc) is 2.60. The maximum Gasteiger partial charge on any atom is 0.296 e. The van der Waals surface area contributed by atoms with Gasteiger partial charge in [-0.3, -0.25) is 14.5 Å². The predicted octanol–water partition coefficient (Wildman–Crippen LogP) is 3.66. The first kappa shape index (κ1) is 17.9. The van der Waals surface area contributed by atoms with Gasteiger partial charge in [-0.2, -0.15) is 0 Å². The molecule has 0 unspecified atom stereocenters. The SMILES string of the molecule is CCN(CC)Cc1cccc(NC(=O)C(=O)c2ccc(C)cc2)c1. The third kappa shape index (κ3) is 4.77. The molecular formula is C20H24N2O2. The molecular weight excluding hydrogens is 300 g/mol. The summed E-state index contributed by atoms with van der Waals surface area (Å²) in [6.07, 6.45) is 0. The lowest BCUT2D eigenvalue weighted by atomic mass is 10.1. The molecule has 2 aromatic rings. The van der Waals surface area contributed by atoms with Crippen LogP contribution in [0.5, 0.6) is 0 Å². The van der Waals surface area contributed by atoms with Crippen LogP contribution in [0.15, 0.2) is 48.5 Å². The molecule has 2 rings (SSSR count). The molecule has 0 spiro atoms. The molecule has 0 bridgehead atoms. The van der Waals surface area contributed by atoms with E-state index in [4.69, 9.17) is 0 Å². The van der Waals surface area contributed by atoms with Crippen LogP contribution in [-0.2, 0) is 11.3 Å². The minimum Gasteiger partial charge on any atom is -0.319 e. The first-order valence-electron chi connectivity index (χ1n) is 8.27. The number of carbonyl (C=O) groups is 2. The molecule has 0 aliphatic rings. The molecule has 1 N–H and O–H groups in total. The lowest BCUT2D eigenvalue weighted by Crippen LogP contribution is -2.24. The van der Waals surface area contributed by atoms with E-state index in [2.05, 4.69) is 24.1 Å². The number of aryl methyl sites for hydroxylation is 1. The lowest BCUT2D eigenvalue weighted by Gasteiger charge is -2.18. The molecule has 0 heterocycles. The number of hydrogen-bond acceptors (Lipinski definition) is 3. The second kappa shape index (κ2) is 8.41. The minimum absolute atomic E-state index is 0.400. The molecule has 0 saturated heterocycles. The number of amides is 1. The third-order valence-corrected chi connectivity index (χ3v) is 4.01. The highest BCUT2D eigenvalue weighted by Crippen LogP contribution is 2.14. The molecule has 0 atom stereocenters. The predicted molar refractivity (Wildman–Crippen MR) is 97.2 cm³/mol. The van der Waals surface area contributed by atoms with E-state index in [0.717, 1.165) is 30.8 Å². The third-order valence-electron chi connectivity index (χ3n) is 4.01. The Hall–Kier alpha value is -2.46. The van der Waals surface area contributed by atoms with E-state index in [0.29, 0.717) is 11.3 Å². The van der Waals surface area contributed by atoms with Gasteiger partial charge in [-0.1, -0.05) is 55.8 Å². The van der Waals surface area contributed by atoms with E-state index in [1.165, 1.54) is 0 Å². The van der Waals surface area contributed by atoms with Crippen LogP contribution >= 0.6 is 0 Å². The molecule has 0 aliphatic heterocycles. The Morgan fingerprint density at radius 2 is 1.67 bits per heavy atom. The molecule has 2 aromatic carbocycles. The Labute approximate surface area is 143 Å². The van der Waals surface area contributed by atoms with Crippen molar-refractivity contribution in [2.24, 2.45) is 0 Å². The van der Waals surface area contributed by atoms with Crippen LogP contribution in [0.2, 0.25) is 0 Å². The summed E-state index contributed by atoms with van der Waals surface area (Å²) in [5.41, 5.74) is 3.21. The summed E-state index contributed by atoms with van der Waals surface area (Å²) in [6.45, 7) is 8.95. The summed E-state index contributed by atoms with van der Waals surface area (Å²) >= 11 is 0. The second-order valence-corrected chi connectivity index (χ2v) is 5.81. The first-order valence-corrected chi connectivity index (χ1v) is 8.27. The van der Waals surface area contributed by atoms with Crippen LogP contribution in [0.25, 0.3) is 0 Å². The zero-order chi connectivity index (χ0) is 17.5. The fourth-order valence-electron chi connectivity index (χ4n) is 2.48. The van der Waals surface area contributed by atoms with Gasteiger partial charge < -0.3 is 5.32 Å². The highest BCUT2D eigenvalue weighted by molar-refractivity contribution is 6.46. The molecule has 24 heavy (non-hydrogen) atoms. The quantitative estimate of drug-likeness (QED) is 0.624. The van der Waals surface area contributed by atoms with E-state index < -0.39 is 11.7 Å². The Morgan fingerprint density at radius 3 is 2.29 bits per heavy atom. The second-order valence-electron chi connectivity index (χ2n) is 5.81. The number of anilines is 1. The van der Waals surface area contributed by atoms with Crippen LogP contribution in [0, 0.1) is 6.92 Å². The smallest absolute Gasteiger partial charge is 0.296 e. The highest BCUT2D eigenvalue weighted by atomic mass is 16.2. The zero-order valence-electron chi connectivity index (χ0n) is 14.5. The van der Waals surface area contributed by atoms with Gasteiger partial charge in [-0.15, -0.1) is 0 Å². The molecule has 126 valence electrons. The maximum absolute atomic E-state index is 12.2. The van der Waals surface area contributed by atoms with Gasteiger partial charge in [0.05, 0.1) is 0 Å². The van der Waals surface area contributed by atoms with E-state index in [-0.39, 0.29) is 0 Å². The van der Waals surface area contributed by atoms with E-state index in [1.54, 1.807) is 18.2 Å². The standard InChI is InChI=1S/C20H24N2O2/c1-4-22(5-2)14-16-7-6-8-18(13-16)21-20(24)19(23)17-11-9-15(3)10-12-17/h6-13H,4-5,14H2,1-3H3,(H,21,24). The summed E-state index contributed by atoms with van der Waals surface area (Å²) in [7, 11) is 0. The van der Waals surface area contributed by atoms with Gasteiger partial charge in [0, 0.05) is 17.8 Å². The van der Waals surface area contributed by atoms with E-state index in [1.807, 2.05) is 37.3 Å². The minimum atomic E-state index is -0.612. The average molecular weight is 324 g/mol. The Kier molecular flexibility index (Phi) is 6.27. The van der Waals surface area contributed by atoms with E-state index in [9.17, 15) is 9.59 Å². The van der Waals surface area contributed by atoms with Crippen molar-refractivity contribution in [2.45, 2.75) is 27.3 Å². The maximum atomic E-state index is 12.2. The summed E-state index contributed by atoms with van der Waals surface area (Å²) < 4.78 is 0. The van der Waals surface area contributed by atoms with E-state index >= 15 is 0 Å². The Balaban J connectivity index is 2.06. The summed E-state index contributed by atoms with van der Waals surface area (Å²) in [6, 6.07) is 14.6. The topological polar surface area (TPSA) is 49.4 Å². The van der Waals surface area contributed by atoms with Gasteiger partial charge >= 0.3 is 0 Å². The molecule has 0 aromatic heterocycles. The van der Waals surface area contributed by atoms with Crippen molar-refractivity contribution in [3.63, 3.8) is 0 Å². The highest BCUT2D eigenvalue weighted by Gasteiger charge is 2.16. The Morgan fingerprint density at radius 1 is 1.00 bits per heavy atom. The monoisotopic (exact) mass is 324 g/mol. The van der Waals surface area contributed by atoms with Crippen molar-refractivity contribution in [2.75, 3.05) is 18.4 Å². The van der Waals surface area contributed by atoms with Crippen LogP contribution in [-0.4, -0.2) is 29.7 Å². The van der Waals surface area contributed by atoms with Crippen LogP contribution < -0.4 is 5.32 Å². The number of nitrogens with one attached hydrogen (secondary N) is 1. The number of hydrogen-bond donors (Lipinski definition) is 1. The summed E-state index contributed by atoms with van der Waals surface area (Å²) in [5.74, 6) is -1.14. The van der Waals surface area contributed by atoms with Crippen molar-refractivity contribution in [1.29, 1.82) is 0 Å². The van der Waals surface area contributed by atoms with Gasteiger partial charge in [-0.25, -0.2) is 0 Å². The number of ketones is 1. The van der Waals surface area contributed by atoms with Crippen molar-refractivity contribution in [1.82, 2.24) is 4.90 Å². The number of rotatable bonds is 7. The number of Topliss-reactive ketones (excluding diaryl/α,β-unsaturated/α-hetero) is 1. The number of carbonyl (C=O) groups excluding carboxylic acids is 2. The molecule has 0 saturated carbocycles. The molecule has 1 amide bonds. The number of benzene rings is 2. The first-order chi connectivity index (χ1) is 11.5. The molecule has 4 heteroatoms. The number of nitrogens with zero attached hydrogens (tertiary/aromatic N) is 1. The fourth-order valence-corrected chi connectivity index (χ4v) is 2.48. The van der Waals surface area contributed by atoms with Gasteiger partial charge in [0.25, 0.3) is 11.7 Å². The summed E-state index contributed by atoms with van der Waals surface area (Å²) in [4.78, 5) is 26.7. The van der Waals surface area contributed by atoms with Crippen molar-refractivity contribution in [3.8, 4) is 0 Å². The zero-order valence-corrected chi connectivity index (χ0v) is 14.5. The van der Waals surface area contributed by atoms with Crippen molar-refractivity contribution in [3.05, 3.63) is 65.2 Å². The molecule has 4 nitrogen and oxygen atoms in total. The van der Waals surface area contributed by atoms with Crippen molar-refractivity contribution < 1.29 is 9.59 Å². The Bertz CT molecular complexity index is 704. The van der Waals surface area contributed by atoms with Gasteiger partial charge in [-0.05, 0) is 37.7 Å². The van der Waals surface area contributed by atoms with Crippen LogP contribution in [0.3, 0.4) is 0 Å². The summed E-state index contributed by atoms with van der Waals surface area (Å²) in [5, 5.41) is 2.70. The van der Waals surface area contributed by atoms with Gasteiger partial charge in [0.2, 0.25) is 0 Å². The fraction of sp³-hybridized carbons (Fsp3) is 0.300. The van der Waals surface area contributed by atoms with Gasteiger partial charge in [0.1, 0.15) is 0 Å². The lowest BCUT2D eigenvalue weighted by molar-refractivity contribution is -0.112.